The van der Waals surface area contributed by atoms with Gasteiger partial charge in [-0.05, 0) is 46.4 Å². The normalized spacial score (nSPS) is 10.4. The van der Waals surface area contributed by atoms with E-state index in [2.05, 4.69) is 44.7 Å². The van der Waals surface area contributed by atoms with Crippen LogP contribution in [0, 0.1) is 13.7 Å². The van der Waals surface area contributed by atoms with Gasteiger partial charge in [0, 0.05) is 6.07 Å². The fraction of sp³-hybridized carbons (Fsp3) is 0.118. The number of carbonyl (C=O) groups is 1. The Morgan fingerprint density at radius 1 is 1.48 bits per heavy atom. The van der Waals surface area contributed by atoms with Crippen LogP contribution in [0.1, 0.15) is 16.1 Å². The molecule has 9 nitrogen and oxygen atoms in total. The maximum atomic E-state index is 12.0. The number of carbonyl (C=O) groups excluding carboxylic acids is 1. The summed E-state index contributed by atoms with van der Waals surface area (Å²) in [5.74, 6) is 0.525. The molecule has 0 spiro atoms. The summed E-state index contributed by atoms with van der Waals surface area (Å²) < 4.78 is 11.7. The first kappa shape index (κ1) is 20.3. The largest absolute Gasteiger partial charge is 0.493 e. The molecule has 1 N–H and O–H groups in total. The molecule has 1 aromatic heterocycles. The van der Waals surface area contributed by atoms with Crippen LogP contribution in [0.2, 0.25) is 0 Å². The minimum atomic E-state index is -0.593. The molecule has 2 aromatic rings. The highest BCUT2D eigenvalue weighted by molar-refractivity contribution is 14.1. The van der Waals surface area contributed by atoms with Crippen molar-refractivity contribution in [3.63, 3.8) is 0 Å². The van der Waals surface area contributed by atoms with Crippen molar-refractivity contribution in [2.75, 3.05) is 13.7 Å². The van der Waals surface area contributed by atoms with Crippen LogP contribution >= 0.6 is 22.6 Å². The average Bonchev–Trinajstić information content (AvgIpc) is 2.66. The molecule has 0 atom stereocenters. The van der Waals surface area contributed by atoms with E-state index < -0.39 is 10.8 Å². The second-order valence-electron chi connectivity index (χ2n) is 4.99. The van der Waals surface area contributed by atoms with Crippen molar-refractivity contribution in [2.24, 2.45) is 5.10 Å². The second kappa shape index (κ2) is 9.62. The van der Waals surface area contributed by atoms with Crippen LogP contribution in [0.15, 0.2) is 48.2 Å². The first-order chi connectivity index (χ1) is 13.0. The summed E-state index contributed by atoms with van der Waals surface area (Å²) in [4.78, 5) is 25.7. The summed E-state index contributed by atoms with van der Waals surface area (Å²) in [6.07, 6.45) is 4.08. The van der Waals surface area contributed by atoms with Gasteiger partial charge in [-0.1, -0.05) is 12.7 Å². The van der Waals surface area contributed by atoms with Crippen LogP contribution in [-0.4, -0.2) is 35.7 Å². The van der Waals surface area contributed by atoms with Crippen LogP contribution in [0.25, 0.3) is 0 Å². The molecule has 0 bridgehead atoms. The minimum Gasteiger partial charge on any atom is -0.493 e. The van der Waals surface area contributed by atoms with E-state index >= 15 is 0 Å². The predicted octanol–water partition coefficient (Wildman–Crippen LogP) is 2.93. The van der Waals surface area contributed by atoms with Gasteiger partial charge in [-0.25, -0.2) is 10.4 Å². The number of nitrogens with one attached hydrogen (secondary N) is 1. The number of hydrazone groups is 1. The molecule has 1 amide bonds. The third kappa shape index (κ3) is 5.48. The van der Waals surface area contributed by atoms with E-state index in [9.17, 15) is 14.9 Å². The Kier molecular flexibility index (Phi) is 7.23. The lowest BCUT2D eigenvalue weighted by atomic mass is 10.2. The summed E-state index contributed by atoms with van der Waals surface area (Å²) >= 11 is 2.10. The molecule has 0 aliphatic carbocycles. The summed E-state index contributed by atoms with van der Waals surface area (Å²) in [5, 5.41) is 14.5. The number of hydrogen-bond donors (Lipinski definition) is 1. The zero-order valence-corrected chi connectivity index (χ0v) is 16.4. The van der Waals surface area contributed by atoms with Crippen LogP contribution in [0.3, 0.4) is 0 Å². The standard InChI is InChI=1S/C17H15IN4O5/c1-3-6-27-16-13(18)7-11(8-15(16)26-2)9-20-21-17(23)14-5-4-12(10-19-14)22(24)25/h3-5,7-10H,1,6H2,2H3,(H,21,23). The van der Waals surface area contributed by atoms with Crippen molar-refractivity contribution in [3.8, 4) is 11.5 Å². The van der Waals surface area contributed by atoms with E-state index in [1.54, 1.807) is 18.2 Å². The smallest absolute Gasteiger partial charge is 0.289 e. The maximum Gasteiger partial charge on any atom is 0.289 e. The van der Waals surface area contributed by atoms with Gasteiger partial charge in [0.1, 0.15) is 18.5 Å². The van der Waals surface area contributed by atoms with Crippen LogP contribution in [0.4, 0.5) is 5.69 Å². The number of halogens is 1. The van der Waals surface area contributed by atoms with Crippen molar-refractivity contribution in [3.05, 3.63) is 68.1 Å². The Labute approximate surface area is 168 Å². The lowest BCUT2D eigenvalue weighted by molar-refractivity contribution is -0.385. The molecule has 0 saturated heterocycles. The molecular weight excluding hydrogens is 467 g/mol. The Balaban J connectivity index is 2.08. The Hall–Kier alpha value is -3.02. The zero-order valence-electron chi connectivity index (χ0n) is 14.2. The molecule has 1 heterocycles. The van der Waals surface area contributed by atoms with Crippen molar-refractivity contribution < 1.29 is 19.2 Å². The van der Waals surface area contributed by atoms with Gasteiger partial charge in [0.05, 0.1) is 21.8 Å². The molecule has 0 aliphatic heterocycles. The Morgan fingerprint density at radius 3 is 2.85 bits per heavy atom. The molecule has 0 unspecified atom stereocenters. The van der Waals surface area contributed by atoms with E-state index in [0.717, 1.165) is 9.77 Å². The summed E-state index contributed by atoms with van der Waals surface area (Å²) in [6.45, 7) is 3.95. The van der Waals surface area contributed by atoms with Crippen molar-refractivity contribution in [1.29, 1.82) is 0 Å². The number of amides is 1. The third-order valence-corrected chi connectivity index (χ3v) is 3.97. The lowest BCUT2D eigenvalue weighted by Crippen LogP contribution is -2.18. The van der Waals surface area contributed by atoms with Gasteiger partial charge in [-0.3, -0.25) is 14.9 Å². The summed E-state index contributed by atoms with van der Waals surface area (Å²) in [5.41, 5.74) is 2.81. The molecule has 0 saturated carbocycles. The molecule has 27 heavy (non-hydrogen) atoms. The van der Waals surface area contributed by atoms with E-state index in [1.165, 1.54) is 25.5 Å². The highest BCUT2D eigenvalue weighted by Gasteiger charge is 2.12. The van der Waals surface area contributed by atoms with E-state index in [0.29, 0.717) is 23.7 Å². The Bertz CT molecular complexity index is 884. The third-order valence-electron chi connectivity index (χ3n) is 3.17. The van der Waals surface area contributed by atoms with Gasteiger partial charge in [0.25, 0.3) is 11.6 Å². The quantitative estimate of drug-likeness (QED) is 0.203. The van der Waals surface area contributed by atoms with Gasteiger partial charge in [0.15, 0.2) is 11.5 Å². The number of methoxy groups -OCH3 is 1. The highest BCUT2D eigenvalue weighted by Crippen LogP contribution is 2.33. The molecule has 0 aliphatic rings. The first-order valence-electron chi connectivity index (χ1n) is 7.51. The van der Waals surface area contributed by atoms with Crippen molar-refractivity contribution >= 4 is 40.4 Å². The lowest BCUT2D eigenvalue weighted by Gasteiger charge is -2.12. The number of benzene rings is 1. The van der Waals surface area contributed by atoms with Crippen LogP contribution < -0.4 is 14.9 Å². The fourth-order valence-corrected chi connectivity index (χ4v) is 2.73. The molecule has 0 fully saturated rings. The SMILES string of the molecule is C=CCOc1c(I)cc(C=NNC(=O)c2ccc([N+](=O)[O-])cn2)cc1OC. The molecule has 10 heteroatoms. The number of nitro groups is 1. The van der Waals surface area contributed by atoms with Gasteiger partial charge in [0.2, 0.25) is 0 Å². The van der Waals surface area contributed by atoms with Crippen molar-refractivity contribution in [1.82, 2.24) is 10.4 Å². The highest BCUT2D eigenvalue weighted by atomic mass is 127. The first-order valence-corrected chi connectivity index (χ1v) is 8.59. The monoisotopic (exact) mass is 482 g/mol. The maximum absolute atomic E-state index is 12.0. The molecular formula is C17H15IN4O5. The molecule has 140 valence electrons. The summed E-state index contributed by atoms with van der Waals surface area (Å²) in [6, 6.07) is 5.96. The number of nitrogens with zero attached hydrogens (tertiary/aromatic N) is 3. The summed E-state index contributed by atoms with van der Waals surface area (Å²) in [7, 11) is 1.52. The van der Waals surface area contributed by atoms with Gasteiger partial charge >= 0.3 is 0 Å². The van der Waals surface area contributed by atoms with Gasteiger partial charge in [-0.15, -0.1) is 0 Å². The zero-order chi connectivity index (χ0) is 19.8. The Morgan fingerprint density at radius 2 is 2.26 bits per heavy atom. The van der Waals surface area contributed by atoms with Crippen LogP contribution in [-0.2, 0) is 0 Å². The van der Waals surface area contributed by atoms with E-state index in [1.807, 2.05) is 0 Å². The molecule has 1 aromatic carbocycles. The number of pyridine rings is 1. The molecule has 2 rings (SSSR count). The second-order valence-corrected chi connectivity index (χ2v) is 6.15. The van der Waals surface area contributed by atoms with E-state index in [-0.39, 0.29) is 11.4 Å². The number of hydrogen-bond acceptors (Lipinski definition) is 7. The number of aromatic nitrogens is 1. The fourth-order valence-electron chi connectivity index (χ4n) is 1.95. The van der Waals surface area contributed by atoms with E-state index in [4.69, 9.17) is 9.47 Å². The van der Waals surface area contributed by atoms with Gasteiger partial charge in [-0.2, -0.15) is 5.10 Å². The average molecular weight is 482 g/mol. The van der Waals surface area contributed by atoms with Gasteiger partial charge < -0.3 is 9.47 Å². The number of rotatable bonds is 8. The van der Waals surface area contributed by atoms with Crippen molar-refractivity contribution in [2.45, 2.75) is 0 Å². The topological polar surface area (TPSA) is 116 Å². The predicted molar refractivity (Wildman–Crippen MR) is 107 cm³/mol. The van der Waals surface area contributed by atoms with Crippen LogP contribution in [0.5, 0.6) is 11.5 Å². The minimum absolute atomic E-state index is 0.0121. The number of ether oxygens (including phenoxy) is 2. The molecule has 0 radical (unpaired) electrons.